The third-order valence-electron chi connectivity index (χ3n) is 5.02. The van der Waals surface area contributed by atoms with Gasteiger partial charge in [0.1, 0.15) is 11.6 Å². The van der Waals surface area contributed by atoms with E-state index >= 15 is 0 Å². The van der Waals surface area contributed by atoms with E-state index < -0.39 is 0 Å². The molecule has 30 heavy (non-hydrogen) atoms. The molecular weight excluding hydrogens is 404 g/mol. The van der Waals surface area contributed by atoms with Crippen LogP contribution in [0.5, 0.6) is 5.75 Å². The number of nitrogens with zero attached hydrogens (tertiary/aromatic N) is 4. The van der Waals surface area contributed by atoms with Crippen LogP contribution in [-0.2, 0) is 24.7 Å². The number of hydrogen-bond donors (Lipinski definition) is 2. The van der Waals surface area contributed by atoms with Gasteiger partial charge in [0.25, 0.3) is 0 Å². The molecule has 4 rings (SSSR count). The monoisotopic (exact) mass is 424 g/mol. The Hall–Kier alpha value is -3.39. The van der Waals surface area contributed by atoms with Crippen molar-refractivity contribution in [3.8, 4) is 17.1 Å². The van der Waals surface area contributed by atoms with Crippen molar-refractivity contribution in [1.82, 2.24) is 30.3 Å². The molecule has 0 aliphatic carbocycles. The number of carbonyl (C=O) groups is 1. The van der Waals surface area contributed by atoms with Crippen molar-refractivity contribution in [1.29, 1.82) is 0 Å². The minimum Gasteiger partial charge on any atom is -0.496 e. The van der Waals surface area contributed by atoms with E-state index in [4.69, 9.17) is 21.3 Å². The molecule has 0 atom stereocenters. The first kappa shape index (κ1) is 19.9. The van der Waals surface area contributed by atoms with Gasteiger partial charge in [-0.1, -0.05) is 29.8 Å². The first-order chi connectivity index (χ1) is 14.5. The van der Waals surface area contributed by atoms with E-state index in [-0.39, 0.29) is 12.3 Å². The molecule has 0 unspecified atom stereocenters. The van der Waals surface area contributed by atoms with Gasteiger partial charge in [0.05, 0.1) is 30.3 Å². The third kappa shape index (κ3) is 3.73. The second-order valence-corrected chi connectivity index (χ2v) is 7.28. The van der Waals surface area contributed by atoms with Gasteiger partial charge in [-0.15, -0.1) is 0 Å². The normalized spacial score (nSPS) is 11.1. The van der Waals surface area contributed by atoms with Gasteiger partial charge in [0.2, 0.25) is 5.91 Å². The van der Waals surface area contributed by atoms with Crippen LogP contribution in [0.4, 0.5) is 0 Å². The SMILES string of the molecule is CNC(=O)Cc1ccc(-c2nc(Cc3ccc4[nH]ncc4c3Cl)n(C)n2)cc1OC. The van der Waals surface area contributed by atoms with E-state index in [0.29, 0.717) is 23.0 Å². The summed E-state index contributed by atoms with van der Waals surface area (Å²) in [5, 5.41) is 15.7. The number of H-pyrrole nitrogens is 1. The number of halogens is 1. The van der Waals surface area contributed by atoms with Gasteiger partial charge in [-0.25, -0.2) is 4.98 Å². The lowest BCUT2D eigenvalue weighted by molar-refractivity contribution is -0.119. The van der Waals surface area contributed by atoms with Crippen molar-refractivity contribution in [2.75, 3.05) is 14.2 Å². The van der Waals surface area contributed by atoms with Crippen LogP contribution in [0.1, 0.15) is 17.0 Å². The summed E-state index contributed by atoms with van der Waals surface area (Å²) in [5.41, 5.74) is 3.46. The number of rotatable bonds is 6. The molecule has 0 aliphatic heterocycles. The van der Waals surface area contributed by atoms with Gasteiger partial charge < -0.3 is 10.1 Å². The maximum Gasteiger partial charge on any atom is 0.224 e. The predicted molar refractivity (Wildman–Crippen MR) is 115 cm³/mol. The van der Waals surface area contributed by atoms with E-state index in [1.807, 2.05) is 37.4 Å². The topological polar surface area (TPSA) is 97.7 Å². The van der Waals surface area contributed by atoms with E-state index in [0.717, 1.165) is 33.4 Å². The molecule has 1 amide bonds. The second-order valence-electron chi connectivity index (χ2n) is 6.90. The summed E-state index contributed by atoms with van der Waals surface area (Å²) >= 11 is 6.55. The highest BCUT2D eigenvalue weighted by molar-refractivity contribution is 6.36. The maximum absolute atomic E-state index is 11.7. The molecule has 8 nitrogen and oxygen atoms in total. The summed E-state index contributed by atoms with van der Waals surface area (Å²) in [6.07, 6.45) is 2.50. The van der Waals surface area contributed by atoms with Gasteiger partial charge in [-0.2, -0.15) is 10.2 Å². The lowest BCUT2D eigenvalue weighted by atomic mass is 10.1. The summed E-state index contributed by atoms with van der Waals surface area (Å²) in [5.74, 6) is 1.91. The number of aryl methyl sites for hydroxylation is 1. The number of likely N-dealkylation sites (N-methyl/N-ethyl adjacent to an activating group) is 1. The van der Waals surface area contributed by atoms with Gasteiger partial charge in [-0.05, 0) is 17.7 Å². The fraction of sp³-hybridized carbons (Fsp3) is 0.238. The number of methoxy groups -OCH3 is 1. The Morgan fingerprint density at radius 2 is 2.07 bits per heavy atom. The Morgan fingerprint density at radius 3 is 2.83 bits per heavy atom. The Kier molecular flexibility index (Phi) is 5.41. The van der Waals surface area contributed by atoms with Gasteiger partial charge >= 0.3 is 0 Å². The van der Waals surface area contributed by atoms with Gasteiger partial charge in [0.15, 0.2) is 5.82 Å². The number of fused-ring (bicyclic) bond motifs is 1. The number of carbonyl (C=O) groups excluding carboxylic acids is 1. The van der Waals surface area contributed by atoms with Crippen molar-refractivity contribution in [3.63, 3.8) is 0 Å². The molecule has 0 spiro atoms. The number of ether oxygens (including phenoxy) is 1. The van der Waals surface area contributed by atoms with E-state index in [1.54, 1.807) is 25.0 Å². The first-order valence-corrected chi connectivity index (χ1v) is 9.76. The van der Waals surface area contributed by atoms with Crippen molar-refractivity contribution < 1.29 is 9.53 Å². The van der Waals surface area contributed by atoms with Crippen molar-refractivity contribution >= 4 is 28.4 Å². The molecule has 0 bridgehead atoms. The van der Waals surface area contributed by atoms with Crippen molar-refractivity contribution in [2.24, 2.45) is 7.05 Å². The lowest BCUT2D eigenvalue weighted by Crippen LogP contribution is -2.20. The summed E-state index contributed by atoms with van der Waals surface area (Å²) in [7, 11) is 5.05. The quantitative estimate of drug-likeness (QED) is 0.496. The summed E-state index contributed by atoms with van der Waals surface area (Å²) < 4.78 is 7.21. The smallest absolute Gasteiger partial charge is 0.224 e. The van der Waals surface area contributed by atoms with Crippen LogP contribution in [0.3, 0.4) is 0 Å². The highest BCUT2D eigenvalue weighted by atomic mass is 35.5. The Balaban J connectivity index is 1.63. The predicted octanol–water partition coefficient (Wildman–Crippen LogP) is 2.90. The van der Waals surface area contributed by atoms with Crippen LogP contribution < -0.4 is 10.1 Å². The van der Waals surface area contributed by atoms with Gasteiger partial charge in [-0.3, -0.25) is 14.6 Å². The summed E-state index contributed by atoms with van der Waals surface area (Å²) in [6, 6.07) is 9.53. The molecule has 0 saturated carbocycles. The molecule has 2 N–H and O–H groups in total. The van der Waals surface area contributed by atoms with Crippen LogP contribution in [0, 0.1) is 0 Å². The zero-order valence-corrected chi connectivity index (χ0v) is 17.6. The van der Waals surface area contributed by atoms with Crippen LogP contribution in [0.2, 0.25) is 5.02 Å². The molecule has 2 heterocycles. The molecule has 4 aromatic rings. The fourth-order valence-electron chi connectivity index (χ4n) is 3.32. The zero-order chi connectivity index (χ0) is 21.3. The summed E-state index contributed by atoms with van der Waals surface area (Å²) in [4.78, 5) is 16.4. The average molecular weight is 425 g/mol. The zero-order valence-electron chi connectivity index (χ0n) is 16.9. The standard InChI is InChI=1S/C21H21ClN6O2/c1-23-19(29)10-12-4-5-14(8-17(12)30-3)21-25-18(28(2)27-21)9-13-6-7-16-15(20(13)22)11-24-26-16/h4-8,11H,9-10H2,1-3H3,(H,23,29)(H,24,26). The number of nitrogens with one attached hydrogen (secondary N) is 2. The van der Waals surface area contributed by atoms with E-state index in [2.05, 4.69) is 20.6 Å². The molecule has 154 valence electrons. The number of hydrogen-bond acceptors (Lipinski definition) is 5. The number of amides is 1. The Labute approximate surface area is 178 Å². The average Bonchev–Trinajstić information content (AvgIpc) is 3.37. The number of aromatic amines is 1. The van der Waals surface area contributed by atoms with Crippen molar-refractivity contribution in [2.45, 2.75) is 12.8 Å². The molecule has 0 radical (unpaired) electrons. The molecule has 0 aliphatic rings. The minimum absolute atomic E-state index is 0.0780. The van der Waals surface area contributed by atoms with Crippen LogP contribution in [-0.4, -0.2) is 45.0 Å². The van der Waals surface area contributed by atoms with Crippen molar-refractivity contribution in [3.05, 3.63) is 58.5 Å². The van der Waals surface area contributed by atoms with Crippen LogP contribution in [0.25, 0.3) is 22.3 Å². The largest absolute Gasteiger partial charge is 0.496 e. The van der Waals surface area contributed by atoms with Crippen LogP contribution in [0.15, 0.2) is 36.5 Å². The number of benzene rings is 2. The first-order valence-electron chi connectivity index (χ1n) is 9.38. The summed E-state index contributed by atoms with van der Waals surface area (Å²) in [6.45, 7) is 0. The second kappa shape index (κ2) is 8.16. The Morgan fingerprint density at radius 1 is 1.27 bits per heavy atom. The van der Waals surface area contributed by atoms with Crippen LogP contribution >= 0.6 is 11.6 Å². The van der Waals surface area contributed by atoms with Gasteiger partial charge in [0, 0.05) is 37.0 Å². The fourth-order valence-corrected chi connectivity index (χ4v) is 3.60. The Bertz CT molecular complexity index is 1230. The minimum atomic E-state index is -0.0780. The molecular formula is C21H21ClN6O2. The molecule has 0 saturated heterocycles. The van der Waals surface area contributed by atoms with E-state index in [1.165, 1.54) is 0 Å². The molecule has 2 aromatic carbocycles. The van der Waals surface area contributed by atoms with E-state index in [9.17, 15) is 4.79 Å². The molecule has 9 heteroatoms. The lowest BCUT2D eigenvalue weighted by Gasteiger charge is -2.09. The molecule has 2 aromatic heterocycles. The number of aromatic nitrogens is 5. The highest BCUT2D eigenvalue weighted by Crippen LogP contribution is 2.29. The maximum atomic E-state index is 11.7. The molecule has 0 fully saturated rings. The highest BCUT2D eigenvalue weighted by Gasteiger charge is 2.15. The third-order valence-corrected chi connectivity index (χ3v) is 5.46.